The summed E-state index contributed by atoms with van der Waals surface area (Å²) in [5.41, 5.74) is 2.26. The van der Waals surface area contributed by atoms with Gasteiger partial charge in [-0.3, -0.25) is 0 Å². The predicted molar refractivity (Wildman–Crippen MR) is 115 cm³/mol. The van der Waals surface area contributed by atoms with Crippen LogP contribution in [0.2, 0.25) is 5.02 Å². The van der Waals surface area contributed by atoms with Crippen LogP contribution in [-0.4, -0.2) is 36.4 Å². The van der Waals surface area contributed by atoms with Gasteiger partial charge >= 0.3 is 0 Å². The van der Waals surface area contributed by atoms with Crippen molar-refractivity contribution in [3.8, 4) is 5.75 Å². The zero-order valence-corrected chi connectivity index (χ0v) is 17.6. The minimum atomic E-state index is -0.347. The lowest BCUT2D eigenvalue weighted by atomic mass is 10.1. The van der Waals surface area contributed by atoms with E-state index in [1.165, 1.54) is 6.07 Å². The fourth-order valence-electron chi connectivity index (χ4n) is 3.24. The van der Waals surface area contributed by atoms with Crippen molar-refractivity contribution >= 4 is 34.6 Å². The number of aryl methyl sites for hydroxylation is 1. The lowest BCUT2D eigenvalue weighted by Crippen LogP contribution is -2.39. The number of methoxy groups -OCH3 is 1. The summed E-state index contributed by atoms with van der Waals surface area (Å²) >= 11 is 11.9. The first kappa shape index (κ1) is 20.8. The lowest BCUT2D eigenvalue weighted by Gasteiger charge is -2.29. The van der Waals surface area contributed by atoms with Crippen molar-refractivity contribution in [1.82, 2.24) is 4.90 Å². The van der Waals surface area contributed by atoms with E-state index in [4.69, 9.17) is 33.3 Å². The maximum Gasteiger partial charge on any atom is 0.173 e. The number of hydrogen-bond donors (Lipinski definition) is 1. The van der Waals surface area contributed by atoms with Gasteiger partial charge in [0, 0.05) is 30.3 Å². The van der Waals surface area contributed by atoms with Gasteiger partial charge in [-0.2, -0.15) is 0 Å². The number of halogens is 2. The fourth-order valence-corrected chi connectivity index (χ4v) is 3.71. The van der Waals surface area contributed by atoms with E-state index in [2.05, 4.69) is 5.32 Å². The van der Waals surface area contributed by atoms with Crippen LogP contribution in [0.15, 0.2) is 36.4 Å². The summed E-state index contributed by atoms with van der Waals surface area (Å²) < 4.78 is 25.6. The molecule has 1 N–H and O–H groups in total. The summed E-state index contributed by atoms with van der Waals surface area (Å²) in [7, 11) is 1.61. The molecule has 0 spiro atoms. The normalized spacial score (nSPS) is 16.1. The minimum Gasteiger partial charge on any atom is -0.495 e. The summed E-state index contributed by atoms with van der Waals surface area (Å²) in [5.74, 6) is 0.342. The van der Waals surface area contributed by atoms with Gasteiger partial charge in [0.15, 0.2) is 5.11 Å². The highest BCUT2D eigenvalue weighted by atomic mass is 35.5. The molecule has 0 radical (unpaired) electrons. The molecule has 1 unspecified atom stereocenters. The Labute approximate surface area is 175 Å². The maximum absolute atomic E-state index is 14.4. The molecule has 4 nitrogen and oxygen atoms in total. The van der Waals surface area contributed by atoms with Crippen molar-refractivity contribution in [2.75, 3.05) is 25.6 Å². The van der Waals surface area contributed by atoms with E-state index in [0.717, 1.165) is 30.7 Å². The molecular formula is C21H24ClFN2O2S. The van der Waals surface area contributed by atoms with Crippen LogP contribution in [0.5, 0.6) is 5.75 Å². The average Bonchev–Trinajstić information content (AvgIpc) is 3.17. The van der Waals surface area contributed by atoms with E-state index in [9.17, 15) is 4.39 Å². The van der Waals surface area contributed by atoms with Crippen molar-refractivity contribution in [1.29, 1.82) is 0 Å². The first-order valence-electron chi connectivity index (χ1n) is 9.23. The van der Waals surface area contributed by atoms with E-state index in [1.807, 2.05) is 30.0 Å². The SMILES string of the molecule is COc1ccc(C)cc1NC(=S)N(Cc1c(F)cccc1Cl)CC1CCCO1. The van der Waals surface area contributed by atoms with Gasteiger partial charge in [0.1, 0.15) is 11.6 Å². The molecule has 1 atom stereocenters. The second kappa shape index (κ2) is 9.54. The number of thiocarbonyl (C=S) groups is 1. The molecule has 1 fully saturated rings. The quantitative estimate of drug-likeness (QED) is 0.649. The first-order chi connectivity index (χ1) is 13.5. The van der Waals surface area contributed by atoms with Gasteiger partial charge in [-0.1, -0.05) is 23.7 Å². The third-order valence-corrected chi connectivity index (χ3v) is 5.46. The Morgan fingerprint density at radius 2 is 2.21 bits per heavy atom. The molecule has 1 saturated heterocycles. The largest absolute Gasteiger partial charge is 0.495 e. The van der Waals surface area contributed by atoms with Gasteiger partial charge in [-0.25, -0.2) is 4.39 Å². The Morgan fingerprint density at radius 1 is 1.39 bits per heavy atom. The zero-order chi connectivity index (χ0) is 20.1. The molecule has 28 heavy (non-hydrogen) atoms. The molecule has 0 bridgehead atoms. The second-order valence-electron chi connectivity index (χ2n) is 6.85. The van der Waals surface area contributed by atoms with Crippen LogP contribution in [0.3, 0.4) is 0 Å². The van der Waals surface area contributed by atoms with Crippen LogP contribution >= 0.6 is 23.8 Å². The van der Waals surface area contributed by atoms with Crippen molar-refractivity contribution in [3.63, 3.8) is 0 Å². The van der Waals surface area contributed by atoms with Crippen molar-refractivity contribution < 1.29 is 13.9 Å². The van der Waals surface area contributed by atoms with Crippen LogP contribution in [0.1, 0.15) is 24.0 Å². The van der Waals surface area contributed by atoms with Gasteiger partial charge in [0.25, 0.3) is 0 Å². The third-order valence-electron chi connectivity index (χ3n) is 4.74. The number of hydrogen-bond acceptors (Lipinski definition) is 3. The zero-order valence-electron chi connectivity index (χ0n) is 16.0. The molecule has 0 aliphatic carbocycles. The molecular weight excluding hydrogens is 399 g/mol. The summed E-state index contributed by atoms with van der Waals surface area (Å²) in [5, 5.41) is 4.10. The van der Waals surface area contributed by atoms with Crippen molar-refractivity contribution in [2.45, 2.75) is 32.4 Å². The molecule has 2 aromatic rings. The van der Waals surface area contributed by atoms with Crippen LogP contribution in [0.25, 0.3) is 0 Å². The molecule has 3 rings (SSSR count). The Kier molecular flexibility index (Phi) is 7.10. The monoisotopic (exact) mass is 422 g/mol. The number of nitrogens with one attached hydrogen (secondary N) is 1. The second-order valence-corrected chi connectivity index (χ2v) is 7.64. The molecule has 7 heteroatoms. The molecule has 2 aromatic carbocycles. The minimum absolute atomic E-state index is 0.0599. The molecule has 0 saturated carbocycles. The summed E-state index contributed by atoms with van der Waals surface area (Å²) in [6.45, 7) is 3.55. The van der Waals surface area contributed by atoms with E-state index in [0.29, 0.717) is 28.0 Å². The summed E-state index contributed by atoms with van der Waals surface area (Å²) in [6.07, 6.45) is 2.03. The van der Waals surface area contributed by atoms with Gasteiger partial charge in [-0.05, 0) is 61.8 Å². The van der Waals surface area contributed by atoms with Crippen molar-refractivity contribution in [3.05, 3.63) is 58.4 Å². The predicted octanol–water partition coefficient (Wildman–Crippen LogP) is 5.17. The topological polar surface area (TPSA) is 33.7 Å². The molecule has 1 heterocycles. The lowest BCUT2D eigenvalue weighted by molar-refractivity contribution is 0.0903. The highest BCUT2D eigenvalue weighted by Gasteiger charge is 2.23. The Balaban J connectivity index is 1.83. The average molecular weight is 423 g/mol. The first-order valence-corrected chi connectivity index (χ1v) is 10.0. The molecule has 0 amide bonds. The standard InChI is InChI=1S/C21H24ClFN2O2S/c1-14-8-9-20(26-2)19(11-14)24-21(28)25(12-15-5-4-10-27-15)13-16-17(22)6-3-7-18(16)23/h3,6-9,11,15H,4-5,10,12-13H2,1-2H3,(H,24,28). The van der Waals surface area contributed by atoms with Crippen LogP contribution in [0.4, 0.5) is 10.1 Å². The van der Waals surface area contributed by atoms with E-state index in [1.54, 1.807) is 19.2 Å². The van der Waals surface area contributed by atoms with Gasteiger partial charge in [0.05, 0.1) is 18.9 Å². The van der Waals surface area contributed by atoms with Gasteiger partial charge < -0.3 is 19.7 Å². The van der Waals surface area contributed by atoms with Gasteiger partial charge in [0.2, 0.25) is 0 Å². The molecule has 150 valence electrons. The smallest absolute Gasteiger partial charge is 0.173 e. The summed E-state index contributed by atoms with van der Waals surface area (Å²) in [4.78, 5) is 1.90. The molecule has 0 aromatic heterocycles. The number of ether oxygens (including phenoxy) is 2. The number of benzene rings is 2. The van der Waals surface area contributed by atoms with Gasteiger partial charge in [-0.15, -0.1) is 0 Å². The Morgan fingerprint density at radius 3 is 2.89 bits per heavy atom. The van der Waals surface area contributed by atoms with E-state index < -0.39 is 0 Å². The number of rotatable bonds is 6. The van der Waals surface area contributed by atoms with E-state index in [-0.39, 0.29) is 18.5 Å². The highest BCUT2D eigenvalue weighted by Crippen LogP contribution is 2.27. The molecule has 1 aliphatic rings. The van der Waals surface area contributed by atoms with Crippen LogP contribution in [-0.2, 0) is 11.3 Å². The van der Waals surface area contributed by atoms with Crippen LogP contribution < -0.4 is 10.1 Å². The summed E-state index contributed by atoms with van der Waals surface area (Å²) in [6, 6.07) is 10.5. The highest BCUT2D eigenvalue weighted by molar-refractivity contribution is 7.80. The number of nitrogens with zero attached hydrogens (tertiary/aromatic N) is 1. The maximum atomic E-state index is 14.4. The Hall–Kier alpha value is -1.89. The van der Waals surface area contributed by atoms with E-state index >= 15 is 0 Å². The van der Waals surface area contributed by atoms with Crippen molar-refractivity contribution in [2.24, 2.45) is 0 Å². The van der Waals surface area contributed by atoms with Crippen LogP contribution in [0, 0.1) is 12.7 Å². The Bertz CT molecular complexity index is 823. The number of anilines is 1. The molecule has 1 aliphatic heterocycles. The fraction of sp³-hybridized carbons (Fsp3) is 0.381. The third kappa shape index (κ3) is 5.13.